The van der Waals surface area contributed by atoms with Gasteiger partial charge in [-0.3, -0.25) is 9.79 Å². The van der Waals surface area contributed by atoms with E-state index in [1.54, 1.807) is 11.1 Å². The number of fused-ring (bicyclic) bond motifs is 1. The summed E-state index contributed by atoms with van der Waals surface area (Å²) in [4.78, 5) is 18.2. The van der Waals surface area contributed by atoms with Gasteiger partial charge in [0.15, 0.2) is 0 Å². The van der Waals surface area contributed by atoms with Crippen LogP contribution in [-0.4, -0.2) is 25.2 Å². The van der Waals surface area contributed by atoms with Gasteiger partial charge in [-0.2, -0.15) is 0 Å². The largest absolute Gasteiger partial charge is 0.399 e. The van der Waals surface area contributed by atoms with Crippen molar-refractivity contribution in [3.05, 3.63) is 23.8 Å². The molecule has 90 valence electrons. The van der Waals surface area contributed by atoms with Crippen molar-refractivity contribution in [3.8, 4) is 0 Å². The summed E-state index contributed by atoms with van der Waals surface area (Å²) in [7, 11) is 0. The Morgan fingerprint density at radius 1 is 1.47 bits per heavy atom. The first-order chi connectivity index (χ1) is 8.09. The van der Waals surface area contributed by atoms with Crippen LogP contribution in [0.1, 0.15) is 19.4 Å². The van der Waals surface area contributed by atoms with E-state index in [2.05, 4.69) is 4.99 Å². The number of aliphatic imine (C=N–C) groups is 1. The smallest absolute Gasteiger partial charge is 0.229 e. The van der Waals surface area contributed by atoms with E-state index in [1.807, 2.05) is 32.0 Å². The van der Waals surface area contributed by atoms with Gasteiger partial charge in [-0.15, -0.1) is 0 Å². The Morgan fingerprint density at radius 3 is 2.94 bits per heavy atom. The van der Waals surface area contributed by atoms with E-state index in [-0.39, 0.29) is 11.8 Å². The lowest BCUT2D eigenvalue weighted by Crippen LogP contribution is -2.36. The quantitative estimate of drug-likeness (QED) is 0.748. The van der Waals surface area contributed by atoms with Crippen LogP contribution in [0.4, 0.5) is 11.4 Å². The molecule has 4 nitrogen and oxygen atoms in total. The van der Waals surface area contributed by atoms with E-state index >= 15 is 0 Å². The molecule has 0 atom stereocenters. The van der Waals surface area contributed by atoms with E-state index in [0.717, 1.165) is 11.3 Å². The van der Waals surface area contributed by atoms with Crippen molar-refractivity contribution in [3.63, 3.8) is 0 Å². The SMILES string of the molecule is CC(C)C(=O)N1CCN=Cc2cc(N)ccc21. The molecule has 0 spiro atoms. The first-order valence-corrected chi connectivity index (χ1v) is 5.80. The van der Waals surface area contributed by atoms with Crippen LogP contribution in [0.5, 0.6) is 0 Å². The van der Waals surface area contributed by atoms with Crippen LogP contribution >= 0.6 is 0 Å². The molecule has 1 heterocycles. The second-order valence-corrected chi connectivity index (χ2v) is 4.50. The summed E-state index contributed by atoms with van der Waals surface area (Å²) in [6, 6.07) is 5.56. The molecule has 0 saturated carbocycles. The zero-order valence-corrected chi connectivity index (χ0v) is 10.2. The van der Waals surface area contributed by atoms with Crippen molar-refractivity contribution in [2.24, 2.45) is 10.9 Å². The van der Waals surface area contributed by atoms with Gasteiger partial charge in [-0.05, 0) is 18.2 Å². The molecule has 0 saturated heterocycles. The minimum Gasteiger partial charge on any atom is -0.399 e. The van der Waals surface area contributed by atoms with Gasteiger partial charge in [0.25, 0.3) is 0 Å². The molecular weight excluding hydrogens is 214 g/mol. The number of carbonyl (C=O) groups excluding carboxylic acids is 1. The lowest BCUT2D eigenvalue weighted by molar-refractivity contribution is -0.121. The highest BCUT2D eigenvalue weighted by Crippen LogP contribution is 2.24. The third-order valence-electron chi connectivity index (χ3n) is 2.79. The monoisotopic (exact) mass is 231 g/mol. The third-order valence-corrected chi connectivity index (χ3v) is 2.79. The second-order valence-electron chi connectivity index (χ2n) is 4.50. The van der Waals surface area contributed by atoms with Crippen LogP contribution in [0.15, 0.2) is 23.2 Å². The Bertz CT molecular complexity index is 466. The molecule has 2 N–H and O–H groups in total. The highest BCUT2D eigenvalue weighted by molar-refractivity contribution is 6.01. The number of benzodiazepines with no additional fused rings is 1. The van der Waals surface area contributed by atoms with Crippen LogP contribution < -0.4 is 10.6 Å². The molecule has 0 aliphatic carbocycles. The normalized spacial score (nSPS) is 14.6. The number of nitrogens with two attached hydrogens (primary N) is 1. The fourth-order valence-corrected chi connectivity index (χ4v) is 1.90. The Labute approximate surface area is 101 Å². The molecule has 2 rings (SSSR count). The van der Waals surface area contributed by atoms with Crippen LogP contribution in [-0.2, 0) is 4.79 Å². The van der Waals surface area contributed by atoms with Gasteiger partial charge in [0.2, 0.25) is 5.91 Å². The summed E-state index contributed by atoms with van der Waals surface area (Å²) in [5.74, 6) is 0.111. The highest BCUT2D eigenvalue weighted by Gasteiger charge is 2.21. The summed E-state index contributed by atoms with van der Waals surface area (Å²) >= 11 is 0. The van der Waals surface area contributed by atoms with Gasteiger partial charge in [-0.1, -0.05) is 13.8 Å². The number of carbonyl (C=O) groups is 1. The summed E-state index contributed by atoms with van der Waals surface area (Å²) in [5, 5.41) is 0. The molecule has 0 aromatic heterocycles. The van der Waals surface area contributed by atoms with Gasteiger partial charge < -0.3 is 10.6 Å². The van der Waals surface area contributed by atoms with Gasteiger partial charge in [-0.25, -0.2) is 0 Å². The predicted molar refractivity (Wildman–Crippen MR) is 70.5 cm³/mol. The average molecular weight is 231 g/mol. The number of nitrogens with zero attached hydrogens (tertiary/aromatic N) is 2. The van der Waals surface area contributed by atoms with Crippen LogP contribution in [0, 0.1) is 5.92 Å². The van der Waals surface area contributed by atoms with Gasteiger partial charge in [0.05, 0.1) is 12.2 Å². The summed E-state index contributed by atoms with van der Waals surface area (Å²) in [6.45, 7) is 5.08. The van der Waals surface area contributed by atoms with E-state index in [4.69, 9.17) is 5.73 Å². The topological polar surface area (TPSA) is 58.7 Å². The minimum atomic E-state index is -0.0153. The summed E-state index contributed by atoms with van der Waals surface area (Å²) in [5.41, 5.74) is 8.25. The first kappa shape index (κ1) is 11.6. The zero-order valence-electron chi connectivity index (χ0n) is 10.2. The molecule has 1 amide bonds. The second kappa shape index (κ2) is 4.57. The Kier molecular flexibility index (Phi) is 3.13. The third kappa shape index (κ3) is 2.30. The van der Waals surface area contributed by atoms with Crippen LogP contribution in [0.2, 0.25) is 0 Å². The molecule has 0 bridgehead atoms. The number of amides is 1. The Balaban J connectivity index is 2.44. The maximum absolute atomic E-state index is 12.1. The maximum Gasteiger partial charge on any atom is 0.229 e. The van der Waals surface area contributed by atoms with Crippen molar-refractivity contribution in [2.45, 2.75) is 13.8 Å². The molecule has 17 heavy (non-hydrogen) atoms. The number of nitrogen functional groups attached to an aromatic ring is 1. The molecule has 0 unspecified atom stereocenters. The molecule has 1 aliphatic heterocycles. The lowest BCUT2D eigenvalue weighted by Gasteiger charge is -2.24. The fourth-order valence-electron chi connectivity index (χ4n) is 1.90. The van der Waals surface area contributed by atoms with E-state index in [1.165, 1.54) is 0 Å². The van der Waals surface area contributed by atoms with E-state index in [0.29, 0.717) is 18.8 Å². The first-order valence-electron chi connectivity index (χ1n) is 5.80. The summed E-state index contributed by atoms with van der Waals surface area (Å²) in [6.07, 6.45) is 1.79. The van der Waals surface area contributed by atoms with Crippen molar-refractivity contribution in [2.75, 3.05) is 23.7 Å². The lowest BCUT2D eigenvalue weighted by atomic mass is 10.1. The van der Waals surface area contributed by atoms with Gasteiger partial charge in [0.1, 0.15) is 0 Å². The molecule has 4 heteroatoms. The molecule has 0 fully saturated rings. The van der Waals surface area contributed by atoms with Crippen LogP contribution in [0.3, 0.4) is 0 Å². The number of hydrogen-bond acceptors (Lipinski definition) is 3. The maximum atomic E-state index is 12.1. The fraction of sp³-hybridized carbons (Fsp3) is 0.385. The molecule has 1 aliphatic rings. The molecule has 1 aromatic rings. The predicted octanol–water partition coefficient (Wildman–Crippen LogP) is 1.69. The Morgan fingerprint density at radius 2 is 2.24 bits per heavy atom. The number of anilines is 2. The van der Waals surface area contributed by atoms with Gasteiger partial charge >= 0.3 is 0 Å². The minimum absolute atomic E-state index is 0.0153. The van der Waals surface area contributed by atoms with Crippen LogP contribution in [0.25, 0.3) is 0 Å². The van der Waals surface area contributed by atoms with Crippen molar-refractivity contribution >= 4 is 23.5 Å². The number of rotatable bonds is 1. The molecule has 1 aromatic carbocycles. The summed E-state index contributed by atoms with van der Waals surface area (Å²) < 4.78 is 0. The molecule has 0 radical (unpaired) electrons. The van der Waals surface area contributed by atoms with Crippen molar-refractivity contribution < 1.29 is 4.79 Å². The Hall–Kier alpha value is -1.84. The number of benzene rings is 1. The van der Waals surface area contributed by atoms with Gasteiger partial charge in [0, 0.05) is 29.9 Å². The number of hydrogen-bond donors (Lipinski definition) is 1. The van der Waals surface area contributed by atoms with E-state index in [9.17, 15) is 4.79 Å². The van der Waals surface area contributed by atoms with Crippen molar-refractivity contribution in [1.29, 1.82) is 0 Å². The van der Waals surface area contributed by atoms with Crippen molar-refractivity contribution in [1.82, 2.24) is 0 Å². The average Bonchev–Trinajstić information content (AvgIpc) is 2.49. The molecular formula is C13H17N3O. The standard InChI is InChI=1S/C13H17N3O/c1-9(2)13(17)16-6-5-15-8-10-7-11(14)3-4-12(10)16/h3-4,7-9H,5-6,14H2,1-2H3. The highest BCUT2D eigenvalue weighted by atomic mass is 16.2. The zero-order chi connectivity index (χ0) is 12.4. The van der Waals surface area contributed by atoms with E-state index < -0.39 is 0 Å².